The van der Waals surface area contributed by atoms with E-state index >= 15 is 0 Å². The largest absolute Gasteiger partial charge is 0.467 e. The Bertz CT molecular complexity index is 677. The molecule has 2 aromatic rings. The van der Waals surface area contributed by atoms with Crippen molar-refractivity contribution in [3.8, 4) is 0 Å². The van der Waals surface area contributed by atoms with E-state index < -0.39 is 0 Å². The van der Waals surface area contributed by atoms with E-state index in [1.165, 1.54) is 6.26 Å². The lowest BCUT2D eigenvalue weighted by Gasteiger charge is -2.31. The predicted molar refractivity (Wildman–Crippen MR) is 90.7 cm³/mol. The lowest BCUT2D eigenvalue weighted by atomic mass is 9.98. The highest BCUT2D eigenvalue weighted by molar-refractivity contribution is 7.09. The molecule has 1 fully saturated rings. The van der Waals surface area contributed by atoms with E-state index in [-0.39, 0.29) is 5.91 Å². The van der Waals surface area contributed by atoms with Gasteiger partial charge in [0.05, 0.1) is 22.8 Å². The molecular weight excluding hydrogens is 310 g/mol. The van der Waals surface area contributed by atoms with Crippen LogP contribution in [-0.4, -0.2) is 28.9 Å². The zero-order valence-corrected chi connectivity index (χ0v) is 14.4. The van der Waals surface area contributed by atoms with Crippen molar-refractivity contribution in [2.75, 3.05) is 13.1 Å². The molecule has 0 bridgehead atoms. The van der Waals surface area contributed by atoms with Gasteiger partial charge in [-0.05, 0) is 24.8 Å². The molecule has 0 spiro atoms. The summed E-state index contributed by atoms with van der Waals surface area (Å²) in [7, 11) is 0. The third-order valence-corrected chi connectivity index (χ3v) is 5.32. The number of nitrogens with zero attached hydrogens (tertiary/aromatic N) is 2. The Morgan fingerprint density at radius 1 is 1.57 bits per heavy atom. The van der Waals surface area contributed by atoms with Crippen molar-refractivity contribution in [2.45, 2.75) is 45.1 Å². The van der Waals surface area contributed by atoms with Gasteiger partial charge in [0.15, 0.2) is 0 Å². The molecule has 2 aromatic heterocycles. The minimum atomic E-state index is 0.0267. The van der Waals surface area contributed by atoms with Gasteiger partial charge in [-0.3, -0.25) is 4.79 Å². The second kappa shape index (κ2) is 6.84. The van der Waals surface area contributed by atoms with E-state index in [1.807, 2.05) is 4.90 Å². The highest BCUT2D eigenvalue weighted by atomic mass is 32.1. The molecule has 5 nitrogen and oxygen atoms in total. The van der Waals surface area contributed by atoms with Crippen LogP contribution >= 0.6 is 11.3 Å². The average Bonchev–Trinajstić information content (AvgIpc) is 3.23. The monoisotopic (exact) mass is 333 g/mol. The minimum absolute atomic E-state index is 0.0267. The van der Waals surface area contributed by atoms with E-state index in [0.717, 1.165) is 36.6 Å². The van der Waals surface area contributed by atoms with Gasteiger partial charge < -0.3 is 15.1 Å². The highest BCUT2D eigenvalue weighted by Crippen LogP contribution is 2.31. The number of furan rings is 1. The fraction of sp³-hybridized carbons (Fsp3) is 0.529. The van der Waals surface area contributed by atoms with Gasteiger partial charge in [-0.1, -0.05) is 13.8 Å². The number of piperidine rings is 1. The van der Waals surface area contributed by atoms with Crippen LogP contribution in [0.3, 0.4) is 0 Å². The first kappa shape index (κ1) is 16.2. The van der Waals surface area contributed by atoms with Crippen LogP contribution in [0.5, 0.6) is 0 Å². The molecule has 1 atom stereocenters. The quantitative estimate of drug-likeness (QED) is 0.931. The van der Waals surface area contributed by atoms with E-state index in [2.05, 4.69) is 19.2 Å². The summed E-state index contributed by atoms with van der Waals surface area (Å²) >= 11 is 1.72. The SMILES string of the molecule is CC(C)c1csc(C2CCCN(C(=O)c3coc(CN)c3)C2)n1. The van der Waals surface area contributed by atoms with Gasteiger partial charge in [-0.25, -0.2) is 4.98 Å². The van der Waals surface area contributed by atoms with Crippen molar-refractivity contribution in [3.05, 3.63) is 39.7 Å². The van der Waals surface area contributed by atoms with Crippen LogP contribution < -0.4 is 5.73 Å². The summed E-state index contributed by atoms with van der Waals surface area (Å²) in [5, 5.41) is 3.30. The van der Waals surface area contributed by atoms with Crippen molar-refractivity contribution in [3.63, 3.8) is 0 Å². The maximum absolute atomic E-state index is 12.6. The summed E-state index contributed by atoms with van der Waals surface area (Å²) in [6.07, 6.45) is 3.61. The van der Waals surface area contributed by atoms with Gasteiger partial charge in [0.1, 0.15) is 12.0 Å². The van der Waals surface area contributed by atoms with Gasteiger partial charge in [-0.15, -0.1) is 11.3 Å². The Kier molecular flexibility index (Phi) is 4.82. The standard InChI is InChI=1S/C17H23N3O2S/c1-11(2)15-10-23-16(19-15)12-4-3-5-20(8-12)17(21)13-6-14(7-18)22-9-13/h6,9-12H,3-5,7-8,18H2,1-2H3. The van der Waals surface area contributed by atoms with Gasteiger partial charge >= 0.3 is 0 Å². The van der Waals surface area contributed by atoms with Crippen LogP contribution in [0.1, 0.15) is 65.3 Å². The van der Waals surface area contributed by atoms with E-state index in [1.54, 1.807) is 17.4 Å². The van der Waals surface area contributed by atoms with Crippen LogP contribution in [0.2, 0.25) is 0 Å². The fourth-order valence-corrected chi connectivity index (χ4v) is 4.01. The van der Waals surface area contributed by atoms with Gasteiger partial charge in [0.2, 0.25) is 0 Å². The molecular formula is C17H23N3O2S. The topological polar surface area (TPSA) is 72.4 Å². The summed E-state index contributed by atoms with van der Waals surface area (Å²) < 4.78 is 5.28. The summed E-state index contributed by atoms with van der Waals surface area (Å²) in [6, 6.07) is 1.74. The molecule has 1 unspecified atom stereocenters. The van der Waals surface area contributed by atoms with E-state index in [0.29, 0.717) is 29.7 Å². The summed E-state index contributed by atoms with van der Waals surface area (Å²) in [6.45, 7) is 6.15. The number of hydrogen-bond acceptors (Lipinski definition) is 5. The lowest BCUT2D eigenvalue weighted by molar-refractivity contribution is 0.0706. The molecule has 1 aliphatic rings. The second-order valence-electron chi connectivity index (χ2n) is 6.36. The van der Waals surface area contributed by atoms with Crippen LogP contribution in [0.4, 0.5) is 0 Å². The molecule has 0 aromatic carbocycles. The number of likely N-dealkylation sites (tertiary alicyclic amines) is 1. The van der Waals surface area contributed by atoms with Crippen molar-refractivity contribution in [1.29, 1.82) is 0 Å². The molecule has 0 radical (unpaired) electrons. The first-order valence-corrected chi connectivity index (χ1v) is 8.98. The molecule has 6 heteroatoms. The van der Waals surface area contributed by atoms with Crippen molar-refractivity contribution >= 4 is 17.2 Å². The lowest BCUT2D eigenvalue weighted by Crippen LogP contribution is -2.39. The molecule has 23 heavy (non-hydrogen) atoms. The molecule has 1 saturated heterocycles. The fourth-order valence-electron chi connectivity index (χ4n) is 2.90. The number of hydrogen-bond donors (Lipinski definition) is 1. The number of thiazole rings is 1. The zero-order chi connectivity index (χ0) is 16.4. The maximum atomic E-state index is 12.6. The van der Waals surface area contributed by atoms with E-state index in [4.69, 9.17) is 15.1 Å². The Morgan fingerprint density at radius 2 is 2.39 bits per heavy atom. The number of amides is 1. The Hall–Kier alpha value is -1.66. The Morgan fingerprint density at radius 3 is 3.04 bits per heavy atom. The molecule has 124 valence electrons. The molecule has 1 aliphatic heterocycles. The smallest absolute Gasteiger partial charge is 0.257 e. The Balaban J connectivity index is 1.71. The molecule has 3 heterocycles. The number of aromatic nitrogens is 1. The van der Waals surface area contributed by atoms with Crippen molar-refractivity contribution < 1.29 is 9.21 Å². The Labute approximate surface area is 140 Å². The second-order valence-corrected chi connectivity index (χ2v) is 7.25. The number of rotatable bonds is 4. The van der Waals surface area contributed by atoms with Crippen molar-refractivity contribution in [1.82, 2.24) is 9.88 Å². The average molecular weight is 333 g/mol. The number of carbonyl (C=O) groups excluding carboxylic acids is 1. The van der Waals surface area contributed by atoms with Gasteiger partial charge in [-0.2, -0.15) is 0 Å². The van der Waals surface area contributed by atoms with Gasteiger partial charge in [0.25, 0.3) is 5.91 Å². The molecule has 1 amide bonds. The minimum Gasteiger partial charge on any atom is -0.467 e. The number of nitrogens with two attached hydrogens (primary N) is 1. The van der Waals surface area contributed by atoms with Crippen LogP contribution in [-0.2, 0) is 6.54 Å². The molecule has 3 rings (SSSR count). The van der Waals surface area contributed by atoms with E-state index in [9.17, 15) is 4.79 Å². The number of carbonyl (C=O) groups is 1. The van der Waals surface area contributed by atoms with Gasteiger partial charge in [0, 0.05) is 24.4 Å². The maximum Gasteiger partial charge on any atom is 0.257 e. The third-order valence-electron chi connectivity index (χ3n) is 4.29. The molecule has 0 aliphatic carbocycles. The van der Waals surface area contributed by atoms with Crippen LogP contribution in [0.15, 0.2) is 22.1 Å². The van der Waals surface area contributed by atoms with Crippen LogP contribution in [0.25, 0.3) is 0 Å². The van der Waals surface area contributed by atoms with Crippen LogP contribution in [0, 0.1) is 0 Å². The highest BCUT2D eigenvalue weighted by Gasteiger charge is 2.28. The molecule has 0 saturated carbocycles. The predicted octanol–water partition coefficient (Wildman–Crippen LogP) is 3.34. The molecule has 2 N–H and O–H groups in total. The zero-order valence-electron chi connectivity index (χ0n) is 13.6. The first-order valence-electron chi connectivity index (χ1n) is 8.10. The first-order chi connectivity index (χ1) is 11.1. The summed E-state index contributed by atoms with van der Waals surface area (Å²) in [5.74, 6) is 1.45. The summed E-state index contributed by atoms with van der Waals surface area (Å²) in [5.41, 5.74) is 7.28. The normalized spacial score (nSPS) is 18.6. The summed E-state index contributed by atoms with van der Waals surface area (Å²) in [4.78, 5) is 19.3. The third kappa shape index (κ3) is 3.48. The van der Waals surface area contributed by atoms with Crippen molar-refractivity contribution in [2.24, 2.45) is 5.73 Å².